The van der Waals surface area contributed by atoms with Gasteiger partial charge in [0.2, 0.25) is 11.6 Å². The summed E-state index contributed by atoms with van der Waals surface area (Å²) in [5, 5.41) is 6.80. The maximum Gasteiger partial charge on any atom is 0.351 e. The van der Waals surface area contributed by atoms with Crippen molar-refractivity contribution in [1.29, 1.82) is 0 Å². The number of para-hydroxylation sites is 2. The number of hydrogen-bond acceptors (Lipinski definition) is 7. The lowest BCUT2D eigenvalue weighted by Gasteiger charge is -2.09. The van der Waals surface area contributed by atoms with Crippen LogP contribution in [-0.4, -0.2) is 38.2 Å². The number of nitrogens with zero attached hydrogens (tertiary/aromatic N) is 4. The zero-order chi connectivity index (χ0) is 21.8. The molecule has 10 nitrogen and oxygen atoms in total. The van der Waals surface area contributed by atoms with E-state index in [1.54, 1.807) is 42.5 Å². The zero-order valence-corrected chi connectivity index (χ0v) is 16.4. The quantitative estimate of drug-likeness (QED) is 0.476. The molecule has 2 aromatic carbocycles. The molecular formula is C21H17N5O5. The molecule has 0 saturated heterocycles. The summed E-state index contributed by atoms with van der Waals surface area (Å²) in [5.74, 6) is -0.474. The number of benzene rings is 2. The van der Waals surface area contributed by atoms with E-state index < -0.39 is 17.6 Å². The fraction of sp³-hybridized carbons (Fsp3) is 0.0952. The molecule has 0 bridgehead atoms. The molecule has 0 atom stereocenters. The molecule has 1 amide bonds. The summed E-state index contributed by atoms with van der Waals surface area (Å²) >= 11 is 0. The molecule has 1 N–H and O–H groups in total. The van der Waals surface area contributed by atoms with Gasteiger partial charge in [-0.3, -0.25) is 4.79 Å². The number of hydrogen-bond donors (Lipinski definition) is 1. The average Bonchev–Trinajstić information content (AvgIpc) is 3.10. The van der Waals surface area contributed by atoms with E-state index in [-0.39, 0.29) is 29.3 Å². The summed E-state index contributed by atoms with van der Waals surface area (Å²) in [4.78, 5) is 41.2. The Morgan fingerprint density at radius 3 is 2.58 bits per heavy atom. The van der Waals surface area contributed by atoms with Crippen LogP contribution in [0.15, 0.2) is 71.8 Å². The van der Waals surface area contributed by atoms with Crippen molar-refractivity contribution < 1.29 is 19.1 Å². The third-order valence-corrected chi connectivity index (χ3v) is 4.33. The van der Waals surface area contributed by atoms with Gasteiger partial charge < -0.3 is 14.8 Å². The molecule has 4 rings (SSSR count). The van der Waals surface area contributed by atoms with Gasteiger partial charge in [0, 0.05) is 12.4 Å². The molecule has 10 heteroatoms. The van der Waals surface area contributed by atoms with Crippen LogP contribution in [-0.2, 0) is 16.1 Å². The first-order chi connectivity index (χ1) is 15.1. The first kappa shape index (κ1) is 19.8. The number of esters is 1. The molecule has 0 spiro atoms. The van der Waals surface area contributed by atoms with Crippen molar-refractivity contribution >= 4 is 23.2 Å². The lowest BCUT2D eigenvalue weighted by atomic mass is 10.2. The fourth-order valence-electron chi connectivity index (χ4n) is 2.91. The van der Waals surface area contributed by atoms with Crippen molar-refractivity contribution in [3.05, 3.63) is 83.0 Å². The van der Waals surface area contributed by atoms with Crippen molar-refractivity contribution in [1.82, 2.24) is 19.2 Å². The van der Waals surface area contributed by atoms with Gasteiger partial charge in [0.25, 0.3) is 5.88 Å². The second-order valence-corrected chi connectivity index (χ2v) is 6.37. The van der Waals surface area contributed by atoms with Crippen LogP contribution in [0.5, 0.6) is 11.6 Å². The summed E-state index contributed by atoms with van der Waals surface area (Å²) in [6.45, 7) is -0.374. The minimum atomic E-state index is -0.588. The first-order valence-corrected chi connectivity index (χ1v) is 9.21. The number of carbonyl (C=O) groups excluding carboxylic acids is 2. The number of carbonyl (C=O) groups is 2. The topological polar surface area (TPSA) is 117 Å². The summed E-state index contributed by atoms with van der Waals surface area (Å²) in [5.41, 5.74) is 0.0974. The lowest BCUT2D eigenvalue weighted by Crippen LogP contribution is -2.28. The molecule has 0 radical (unpaired) electrons. The van der Waals surface area contributed by atoms with Crippen molar-refractivity contribution in [2.45, 2.75) is 6.54 Å². The number of nitrogens with one attached hydrogen (secondary N) is 1. The Bertz CT molecular complexity index is 1310. The Morgan fingerprint density at radius 2 is 1.81 bits per heavy atom. The van der Waals surface area contributed by atoms with Crippen molar-refractivity contribution in [2.24, 2.45) is 0 Å². The van der Waals surface area contributed by atoms with Gasteiger partial charge in [-0.05, 0) is 24.3 Å². The van der Waals surface area contributed by atoms with Crippen LogP contribution in [0.4, 0.5) is 5.69 Å². The number of anilines is 1. The van der Waals surface area contributed by atoms with Gasteiger partial charge in [-0.15, -0.1) is 5.10 Å². The minimum absolute atomic E-state index is 0.126. The average molecular weight is 419 g/mol. The Hall–Kier alpha value is -4.47. The second kappa shape index (κ2) is 8.49. The van der Waals surface area contributed by atoms with Crippen LogP contribution in [0.25, 0.3) is 5.65 Å². The van der Waals surface area contributed by atoms with Crippen molar-refractivity contribution in [3.63, 3.8) is 0 Å². The van der Waals surface area contributed by atoms with Gasteiger partial charge in [0.15, 0.2) is 0 Å². The Morgan fingerprint density at radius 1 is 1.06 bits per heavy atom. The summed E-state index contributed by atoms with van der Waals surface area (Å²) in [7, 11) is 1.25. The third-order valence-electron chi connectivity index (χ3n) is 4.33. The smallest absolute Gasteiger partial charge is 0.351 e. The van der Waals surface area contributed by atoms with Crippen LogP contribution < -0.4 is 15.7 Å². The normalized spacial score (nSPS) is 10.6. The number of fused-ring (bicyclic) bond motifs is 1. The Labute approximate surface area is 175 Å². The maximum absolute atomic E-state index is 12.7. The fourth-order valence-corrected chi connectivity index (χ4v) is 2.91. The van der Waals surface area contributed by atoms with E-state index in [9.17, 15) is 14.4 Å². The second-order valence-electron chi connectivity index (χ2n) is 6.37. The zero-order valence-electron chi connectivity index (χ0n) is 16.4. The maximum atomic E-state index is 12.7. The molecule has 2 heterocycles. The summed E-state index contributed by atoms with van der Waals surface area (Å²) in [6, 6.07) is 15.3. The van der Waals surface area contributed by atoms with Gasteiger partial charge in [-0.1, -0.05) is 30.3 Å². The van der Waals surface area contributed by atoms with Crippen LogP contribution in [0.2, 0.25) is 0 Å². The van der Waals surface area contributed by atoms with Crippen molar-refractivity contribution in [2.75, 3.05) is 12.4 Å². The highest BCUT2D eigenvalue weighted by atomic mass is 16.5. The van der Waals surface area contributed by atoms with E-state index in [1.165, 1.54) is 30.0 Å². The molecule has 0 unspecified atom stereocenters. The predicted octanol–water partition coefficient (Wildman–Crippen LogP) is 2.11. The number of ether oxygens (including phenoxy) is 2. The van der Waals surface area contributed by atoms with Crippen molar-refractivity contribution in [3.8, 4) is 11.6 Å². The van der Waals surface area contributed by atoms with E-state index in [0.29, 0.717) is 5.75 Å². The van der Waals surface area contributed by atoms with E-state index in [4.69, 9.17) is 9.47 Å². The molecule has 0 aliphatic rings. The van der Waals surface area contributed by atoms with Crippen LogP contribution in [0.1, 0.15) is 10.4 Å². The van der Waals surface area contributed by atoms with E-state index >= 15 is 0 Å². The van der Waals surface area contributed by atoms with E-state index in [2.05, 4.69) is 15.4 Å². The monoisotopic (exact) mass is 419 g/mol. The van der Waals surface area contributed by atoms with Gasteiger partial charge in [-0.25, -0.2) is 23.7 Å². The molecule has 156 valence electrons. The first-order valence-electron chi connectivity index (χ1n) is 9.21. The molecule has 0 fully saturated rings. The third kappa shape index (κ3) is 4.13. The van der Waals surface area contributed by atoms with Crippen LogP contribution >= 0.6 is 0 Å². The van der Waals surface area contributed by atoms with E-state index in [1.807, 2.05) is 6.07 Å². The highest BCUT2D eigenvalue weighted by Gasteiger charge is 2.17. The van der Waals surface area contributed by atoms with Gasteiger partial charge in [-0.2, -0.15) is 0 Å². The van der Waals surface area contributed by atoms with Gasteiger partial charge >= 0.3 is 11.7 Å². The number of amides is 1. The molecule has 0 aliphatic carbocycles. The lowest BCUT2D eigenvalue weighted by molar-refractivity contribution is -0.117. The standard InChI is InChI=1S/C21H17N5O5/c1-30-20(28)15-9-5-6-10-16(15)23-17(27)13-26-21(29)25-12-11-22-19(18(25)24-26)31-14-7-3-2-4-8-14/h2-12H,13H2,1H3,(H,23,27). The Balaban J connectivity index is 1.59. The Kier molecular flexibility index (Phi) is 5.43. The highest BCUT2D eigenvalue weighted by Crippen LogP contribution is 2.21. The number of methoxy groups -OCH3 is 1. The van der Waals surface area contributed by atoms with Gasteiger partial charge in [0.05, 0.1) is 18.4 Å². The molecule has 2 aromatic heterocycles. The van der Waals surface area contributed by atoms with Crippen LogP contribution in [0, 0.1) is 0 Å². The van der Waals surface area contributed by atoms with Gasteiger partial charge in [0.1, 0.15) is 12.3 Å². The summed E-state index contributed by atoms with van der Waals surface area (Å²) < 4.78 is 12.7. The number of rotatable bonds is 6. The SMILES string of the molecule is COC(=O)c1ccccc1NC(=O)Cn1nc2c(Oc3ccccc3)nccn2c1=O. The number of aromatic nitrogens is 4. The molecule has 31 heavy (non-hydrogen) atoms. The molecule has 0 saturated carbocycles. The molecule has 4 aromatic rings. The minimum Gasteiger partial charge on any atom is -0.465 e. The predicted molar refractivity (Wildman–Crippen MR) is 110 cm³/mol. The van der Waals surface area contributed by atoms with Crippen LogP contribution in [0.3, 0.4) is 0 Å². The van der Waals surface area contributed by atoms with E-state index in [0.717, 1.165) is 4.68 Å². The largest absolute Gasteiger partial charge is 0.465 e. The highest BCUT2D eigenvalue weighted by molar-refractivity contribution is 6.01. The summed E-state index contributed by atoms with van der Waals surface area (Å²) in [6.07, 6.45) is 2.84. The molecular weight excluding hydrogens is 402 g/mol. The molecule has 0 aliphatic heterocycles.